The van der Waals surface area contributed by atoms with E-state index in [2.05, 4.69) is 41.5 Å². The van der Waals surface area contributed by atoms with Crippen LogP contribution in [0.15, 0.2) is 48.5 Å². The molecule has 1 heterocycles. The number of carbonyl (C=O) groups is 1. The zero-order valence-corrected chi connectivity index (χ0v) is 16.9. The molecule has 1 aliphatic rings. The van der Waals surface area contributed by atoms with Gasteiger partial charge in [-0.2, -0.15) is 0 Å². The lowest BCUT2D eigenvalue weighted by Gasteiger charge is -2.23. The van der Waals surface area contributed by atoms with Crippen molar-refractivity contribution in [3.05, 3.63) is 48.5 Å². The van der Waals surface area contributed by atoms with Crippen LogP contribution in [0.25, 0.3) is 0 Å². The summed E-state index contributed by atoms with van der Waals surface area (Å²) in [6.07, 6.45) is 4.23. The number of nitrogens with one attached hydrogen (secondary N) is 2. The van der Waals surface area contributed by atoms with Crippen molar-refractivity contribution in [2.24, 2.45) is 0 Å². The Morgan fingerprint density at radius 2 is 1.64 bits per heavy atom. The summed E-state index contributed by atoms with van der Waals surface area (Å²) in [5.74, 6) is 1.60. The van der Waals surface area contributed by atoms with Gasteiger partial charge in [-0.05, 0) is 80.8 Å². The van der Waals surface area contributed by atoms with Crippen molar-refractivity contribution in [1.82, 2.24) is 5.32 Å². The lowest BCUT2D eigenvalue weighted by molar-refractivity contribution is -0.117. The number of anilines is 2. The zero-order chi connectivity index (χ0) is 19.8. The topological polar surface area (TPSA) is 53.6 Å². The quantitative estimate of drug-likeness (QED) is 0.655. The van der Waals surface area contributed by atoms with Crippen LogP contribution in [0.1, 0.15) is 39.5 Å². The normalized spacial score (nSPS) is 16.0. The molecule has 0 aromatic heterocycles. The van der Waals surface area contributed by atoms with Crippen LogP contribution in [0, 0.1) is 0 Å². The molecule has 150 valence electrons. The number of benzene rings is 2. The Labute approximate surface area is 168 Å². The minimum Gasteiger partial charge on any atom is -0.457 e. The van der Waals surface area contributed by atoms with Crippen LogP contribution in [0.3, 0.4) is 0 Å². The van der Waals surface area contributed by atoms with E-state index >= 15 is 0 Å². The van der Waals surface area contributed by atoms with Crippen LogP contribution < -0.4 is 20.3 Å². The SMILES string of the molecule is CCCN(CCC)c1ccc(Oc2ccc(NC(=O)[C@@H]3CCCN3)cc2)cc1. The fraction of sp³-hybridized carbons (Fsp3) is 0.435. The lowest BCUT2D eigenvalue weighted by atomic mass is 10.2. The molecule has 0 bridgehead atoms. The fourth-order valence-electron chi connectivity index (χ4n) is 3.51. The van der Waals surface area contributed by atoms with E-state index in [1.807, 2.05) is 36.4 Å². The van der Waals surface area contributed by atoms with Gasteiger partial charge < -0.3 is 20.3 Å². The van der Waals surface area contributed by atoms with Crippen molar-refractivity contribution < 1.29 is 9.53 Å². The van der Waals surface area contributed by atoms with Gasteiger partial charge in [-0.3, -0.25) is 4.79 Å². The molecule has 1 atom stereocenters. The smallest absolute Gasteiger partial charge is 0.241 e. The van der Waals surface area contributed by atoms with Crippen LogP contribution in [0.5, 0.6) is 11.5 Å². The summed E-state index contributed by atoms with van der Waals surface area (Å²) >= 11 is 0. The third-order valence-electron chi connectivity index (χ3n) is 4.92. The Morgan fingerprint density at radius 1 is 1.04 bits per heavy atom. The Hall–Kier alpha value is -2.53. The molecule has 0 aliphatic carbocycles. The standard InChI is InChI=1S/C23H31N3O2/c1-3-16-26(17-4-2)19-9-13-21(14-10-19)28-20-11-7-18(8-12-20)25-23(27)22-6-5-15-24-22/h7-14,22,24H,3-6,15-17H2,1-2H3,(H,25,27)/t22-/m0/s1. The molecule has 28 heavy (non-hydrogen) atoms. The zero-order valence-electron chi connectivity index (χ0n) is 16.9. The fourth-order valence-corrected chi connectivity index (χ4v) is 3.51. The molecule has 5 nitrogen and oxygen atoms in total. The van der Waals surface area contributed by atoms with Gasteiger partial charge >= 0.3 is 0 Å². The third kappa shape index (κ3) is 5.49. The van der Waals surface area contributed by atoms with E-state index in [1.165, 1.54) is 5.69 Å². The van der Waals surface area contributed by atoms with Crippen molar-refractivity contribution in [1.29, 1.82) is 0 Å². The molecular weight excluding hydrogens is 350 g/mol. The van der Waals surface area contributed by atoms with Crippen LogP contribution in [-0.4, -0.2) is 31.6 Å². The highest BCUT2D eigenvalue weighted by Gasteiger charge is 2.21. The maximum atomic E-state index is 12.2. The molecule has 0 spiro atoms. The highest BCUT2D eigenvalue weighted by atomic mass is 16.5. The molecule has 0 unspecified atom stereocenters. The monoisotopic (exact) mass is 381 g/mol. The largest absolute Gasteiger partial charge is 0.457 e. The minimum atomic E-state index is -0.0746. The molecule has 2 aromatic rings. The van der Waals surface area contributed by atoms with E-state index < -0.39 is 0 Å². The van der Waals surface area contributed by atoms with E-state index in [-0.39, 0.29) is 11.9 Å². The summed E-state index contributed by atoms with van der Waals surface area (Å²) in [6, 6.07) is 15.7. The molecule has 0 saturated carbocycles. The number of amides is 1. The second kappa shape index (κ2) is 10.1. The van der Waals surface area contributed by atoms with Gasteiger partial charge in [0.05, 0.1) is 6.04 Å². The molecule has 1 aliphatic heterocycles. The minimum absolute atomic E-state index is 0.0328. The van der Waals surface area contributed by atoms with Gasteiger partial charge in [0.1, 0.15) is 11.5 Å². The van der Waals surface area contributed by atoms with Gasteiger partial charge in [-0.1, -0.05) is 13.8 Å². The van der Waals surface area contributed by atoms with Gasteiger partial charge in [0.2, 0.25) is 5.91 Å². The van der Waals surface area contributed by atoms with Gasteiger partial charge in [0.25, 0.3) is 0 Å². The number of hydrogen-bond acceptors (Lipinski definition) is 4. The first-order valence-corrected chi connectivity index (χ1v) is 10.4. The Kier molecular flexibility index (Phi) is 7.31. The molecule has 1 fully saturated rings. The highest BCUT2D eigenvalue weighted by molar-refractivity contribution is 5.95. The number of hydrogen-bond donors (Lipinski definition) is 2. The van der Waals surface area contributed by atoms with Gasteiger partial charge in [-0.15, -0.1) is 0 Å². The van der Waals surface area contributed by atoms with Gasteiger partial charge in [-0.25, -0.2) is 0 Å². The second-order valence-electron chi connectivity index (χ2n) is 7.25. The average molecular weight is 382 g/mol. The van der Waals surface area contributed by atoms with Crippen molar-refractivity contribution in [3.8, 4) is 11.5 Å². The summed E-state index contributed by atoms with van der Waals surface area (Å²) in [6.45, 7) is 7.46. The van der Waals surface area contributed by atoms with E-state index in [1.54, 1.807) is 0 Å². The third-order valence-corrected chi connectivity index (χ3v) is 4.92. The number of nitrogens with zero attached hydrogens (tertiary/aromatic N) is 1. The molecule has 2 aromatic carbocycles. The second-order valence-corrected chi connectivity index (χ2v) is 7.25. The van der Waals surface area contributed by atoms with Crippen LogP contribution >= 0.6 is 0 Å². The molecule has 1 amide bonds. The van der Waals surface area contributed by atoms with Crippen LogP contribution in [-0.2, 0) is 4.79 Å². The van der Waals surface area contributed by atoms with Crippen LogP contribution in [0.2, 0.25) is 0 Å². The maximum Gasteiger partial charge on any atom is 0.241 e. The van der Waals surface area contributed by atoms with Crippen LogP contribution in [0.4, 0.5) is 11.4 Å². The molecule has 5 heteroatoms. The first kappa shape index (κ1) is 20.2. The Morgan fingerprint density at radius 3 is 2.18 bits per heavy atom. The van der Waals surface area contributed by atoms with E-state index in [4.69, 9.17) is 4.74 Å². The lowest BCUT2D eigenvalue weighted by Crippen LogP contribution is -2.35. The number of carbonyl (C=O) groups excluding carboxylic acids is 1. The predicted molar refractivity (Wildman–Crippen MR) is 115 cm³/mol. The number of ether oxygens (including phenoxy) is 1. The average Bonchev–Trinajstić information content (AvgIpc) is 3.25. The van der Waals surface area contributed by atoms with E-state index in [0.717, 1.165) is 62.5 Å². The maximum absolute atomic E-state index is 12.2. The van der Waals surface area contributed by atoms with Gasteiger partial charge in [0.15, 0.2) is 0 Å². The van der Waals surface area contributed by atoms with Crippen molar-refractivity contribution in [2.45, 2.75) is 45.6 Å². The molecule has 1 saturated heterocycles. The van der Waals surface area contributed by atoms with E-state index in [9.17, 15) is 4.79 Å². The predicted octanol–water partition coefficient (Wildman–Crippen LogP) is 4.80. The summed E-state index contributed by atoms with van der Waals surface area (Å²) in [7, 11) is 0. The summed E-state index contributed by atoms with van der Waals surface area (Å²) in [5.41, 5.74) is 2.02. The van der Waals surface area contributed by atoms with Gasteiger partial charge in [0, 0.05) is 24.5 Å². The first-order chi connectivity index (χ1) is 13.7. The van der Waals surface area contributed by atoms with E-state index in [0.29, 0.717) is 0 Å². The summed E-state index contributed by atoms with van der Waals surface area (Å²) in [5, 5.41) is 6.16. The van der Waals surface area contributed by atoms with Crippen molar-refractivity contribution >= 4 is 17.3 Å². The first-order valence-electron chi connectivity index (χ1n) is 10.4. The summed E-state index contributed by atoms with van der Waals surface area (Å²) in [4.78, 5) is 14.6. The molecular formula is C23H31N3O2. The number of rotatable bonds is 9. The molecule has 3 rings (SSSR count). The Balaban J connectivity index is 1.56. The Bertz CT molecular complexity index is 731. The summed E-state index contributed by atoms with van der Waals surface area (Å²) < 4.78 is 5.95. The van der Waals surface area contributed by atoms with Crippen molar-refractivity contribution in [2.75, 3.05) is 29.9 Å². The molecule has 0 radical (unpaired) electrons. The molecule has 2 N–H and O–H groups in total. The van der Waals surface area contributed by atoms with Crippen molar-refractivity contribution in [3.63, 3.8) is 0 Å². The highest BCUT2D eigenvalue weighted by Crippen LogP contribution is 2.26.